The number of anilines is 3. The highest BCUT2D eigenvalue weighted by Crippen LogP contribution is 2.54. The number of ether oxygens (including phenoxy) is 1. The summed E-state index contributed by atoms with van der Waals surface area (Å²) in [6.07, 6.45) is 0. The molecule has 3 aromatic carbocycles. The van der Waals surface area contributed by atoms with Crippen LogP contribution in [0.15, 0.2) is 71.1 Å². The Kier molecular flexibility index (Phi) is 2.92. The molecule has 0 atom stereocenters. The molecule has 0 unspecified atom stereocenters. The van der Waals surface area contributed by atoms with Crippen LogP contribution in [0.5, 0.6) is 11.5 Å². The molecule has 0 aliphatic carbocycles. The van der Waals surface area contributed by atoms with Crippen molar-refractivity contribution in [3.05, 3.63) is 77.9 Å². The fraction of sp³-hybridized carbons (Fsp3) is 0.0909. The molecule has 3 nitrogen and oxygen atoms in total. The van der Waals surface area contributed by atoms with Crippen molar-refractivity contribution in [1.82, 2.24) is 0 Å². The molecule has 0 amide bonds. The van der Waals surface area contributed by atoms with Gasteiger partial charge in [-0.15, -0.1) is 0 Å². The van der Waals surface area contributed by atoms with Gasteiger partial charge in [-0.3, -0.25) is 4.90 Å². The number of nitrogens with zero attached hydrogens (tertiary/aromatic N) is 1. The van der Waals surface area contributed by atoms with Crippen LogP contribution < -0.4 is 9.64 Å². The summed E-state index contributed by atoms with van der Waals surface area (Å²) in [7, 11) is 0. The molecule has 0 radical (unpaired) electrons. The van der Waals surface area contributed by atoms with Crippen LogP contribution in [0.1, 0.15) is 11.1 Å². The summed E-state index contributed by atoms with van der Waals surface area (Å²) in [6.45, 7) is 4.19. The molecule has 0 N–H and O–H groups in total. The average molecular weight is 327 g/mol. The SMILES string of the molecule is Cc1ccc2oc3c(c2c1)Oc1ccccc1N3c1ccccc1C. The highest BCUT2D eigenvalue weighted by atomic mass is 16.5. The number of aryl methyl sites for hydroxylation is 2. The highest BCUT2D eigenvalue weighted by molar-refractivity contribution is 5.97. The summed E-state index contributed by atoms with van der Waals surface area (Å²) < 4.78 is 12.5. The van der Waals surface area contributed by atoms with Crippen LogP contribution in [0, 0.1) is 13.8 Å². The van der Waals surface area contributed by atoms with Crippen molar-refractivity contribution in [3.8, 4) is 11.5 Å². The van der Waals surface area contributed by atoms with Crippen molar-refractivity contribution < 1.29 is 9.15 Å². The van der Waals surface area contributed by atoms with Crippen molar-refractivity contribution in [2.24, 2.45) is 0 Å². The maximum Gasteiger partial charge on any atom is 0.249 e. The van der Waals surface area contributed by atoms with Gasteiger partial charge in [0.1, 0.15) is 5.58 Å². The van der Waals surface area contributed by atoms with E-state index in [2.05, 4.69) is 49.1 Å². The third kappa shape index (κ3) is 2.06. The van der Waals surface area contributed by atoms with Gasteiger partial charge in [-0.1, -0.05) is 42.0 Å². The number of fused-ring (bicyclic) bond motifs is 4. The predicted molar refractivity (Wildman–Crippen MR) is 100 cm³/mol. The Labute approximate surface area is 146 Å². The van der Waals surface area contributed by atoms with Gasteiger partial charge in [0.2, 0.25) is 5.88 Å². The zero-order valence-corrected chi connectivity index (χ0v) is 14.1. The Morgan fingerprint density at radius 1 is 0.800 bits per heavy atom. The number of hydrogen-bond donors (Lipinski definition) is 0. The zero-order valence-electron chi connectivity index (χ0n) is 14.1. The van der Waals surface area contributed by atoms with E-state index < -0.39 is 0 Å². The van der Waals surface area contributed by atoms with Gasteiger partial charge >= 0.3 is 0 Å². The molecule has 4 aromatic rings. The minimum absolute atomic E-state index is 0.730. The Bertz CT molecular complexity index is 1100. The van der Waals surface area contributed by atoms with E-state index in [1.54, 1.807) is 0 Å². The number of benzene rings is 3. The fourth-order valence-electron chi connectivity index (χ4n) is 3.42. The first kappa shape index (κ1) is 14.2. The monoisotopic (exact) mass is 327 g/mol. The van der Waals surface area contributed by atoms with E-state index >= 15 is 0 Å². The molecule has 1 aliphatic heterocycles. The summed E-state index contributed by atoms with van der Waals surface area (Å²) in [5.74, 6) is 2.34. The van der Waals surface area contributed by atoms with E-state index in [0.29, 0.717) is 0 Å². The van der Waals surface area contributed by atoms with Crippen molar-refractivity contribution in [2.75, 3.05) is 4.90 Å². The molecule has 1 aliphatic rings. The van der Waals surface area contributed by atoms with Crippen LogP contribution in [0.4, 0.5) is 17.3 Å². The fourth-order valence-corrected chi connectivity index (χ4v) is 3.42. The summed E-state index contributed by atoms with van der Waals surface area (Å²) >= 11 is 0. The molecule has 0 saturated heterocycles. The van der Waals surface area contributed by atoms with Gasteiger partial charge in [0.15, 0.2) is 11.5 Å². The van der Waals surface area contributed by atoms with Gasteiger partial charge in [0.05, 0.1) is 16.8 Å². The summed E-state index contributed by atoms with van der Waals surface area (Å²) in [4.78, 5) is 2.15. The lowest BCUT2D eigenvalue weighted by Gasteiger charge is -2.30. The largest absolute Gasteiger partial charge is 0.449 e. The first-order chi connectivity index (χ1) is 12.2. The summed E-state index contributed by atoms with van der Waals surface area (Å²) in [5.41, 5.74) is 5.28. The zero-order chi connectivity index (χ0) is 17.0. The number of para-hydroxylation sites is 3. The van der Waals surface area contributed by atoms with Gasteiger partial charge < -0.3 is 9.15 Å². The standard InChI is InChI=1S/C22H17NO2/c1-14-11-12-19-16(13-14)21-22(25-19)23(17-8-4-3-7-15(17)2)18-9-5-6-10-20(18)24-21/h3-13H,1-2H3. The third-order valence-corrected chi connectivity index (χ3v) is 4.66. The predicted octanol–water partition coefficient (Wildman–Crippen LogP) is 6.63. The van der Waals surface area contributed by atoms with Crippen molar-refractivity contribution in [2.45, 2.75) is 13.8 Å². The Balaban J connectivity index is 1.85. The molecular weight excluding hydrogens is 310 g/mol. The van der Waals surface area contributed by atoms with Crippen LogP contribution in [0.3, 0.4) is 0 Å². The van der Waals surface area contributed by atoms with Crippen LogP contribution in [0.2, 0.25) is 0 Å². The van der Waals surface area contributed by atoms with Crippen molar-refractivity contribution in [1.29, 1.82) is 0 Å². The van der Waals surface area contributed by atoms with Crippen LogP contribution in [-0.2, 0) is 0 Å². The average Bonchev–Trinajstić information content (AvgIpc) is 2.98. The van der Waals surface area contributed by atoms with Crippen LogP contribution >= 0.6 is 0 Å². The second-order valence-electron chi connectivity index (χ2n) is 6.43. The minimum atomic E-state index is 0.730. The van der Waals surface area contributed by atoms with Crippen molar-refractivity contribution >= 4 is 28.2 Å². The Morgan fingerprint density at radius 3 is 2.40 bits per heavy atom. The Hall–Kier alpha value is -3.20. The van der Waals surface area contributed by atoms with Crippen LogP contribution in [0.25, 0.3) is 11.0 Å². The maximum absolute atomic E-state index is 6.24. The highest BCUT2D eigenvalue weighted by Gasteiger charge is 2.31. The van der Waals surface area contributed by atoms with Gasteiger partial charge in [-0.05, 0) is 49.7 Å². The van der Waals surface area contributed by atoms with E-state index in [0.717, 1.165) is 39.7 Å². The molecule has 0 fully saturated rings. The molecule has 0 spiro atoms. The molecular formula is C22H17NO2. The lowest BCUT2D eigenvalue weighted by Crippen LogP contribution is -2.15. The van der Waals surface area contributed by atoms with E-state index in [4.69, 9.17) is 9.15 Å². The van der Waals surface area contributed by atoms with E-state index in [1.165, 1.54) is 11.1 Å². The normalized spacial score (nSPS) is 12.6. The van der Waals surface area contributed by atoms with E-state index in [-0.39, 0.29) is 0 Å². The quantitative estimate of drug-likeness (QED) is 0.346. The third-order valence-electron chi connectivity index (χ3n) is 4.66. The molecule has 3 heteroatoms. The topological polar surface area (TPSA) is 25.6 Å². The summed E-state index contributed by atoms with van der Waals surface area (Å²) in [5, 5.41) is 1.00. The van der Waals surface area contributed by atoms with Crippen LogP contribution in [-0.4, -0.2) is 0 Å². The first-order valence-corrected chi connectivity index (χ1v) is 8.38. The van der Waals surface area contributed by atoms with E-state index in [9.17, 15) is 0 Å². The molecule has 25 heavy (non-hydrogen) atoms. The number of hydrogen-bond acceptors (Lipinski definition) is 3. The lowest BCUT2D eigenvalue weighted by molar-refractivity contribution is 0.464. The molecule has 1 aromatic heterocycles. The minimum Gasteiger partial charge on any atom is -0.449 e. The number of rotatable bonds is 1. The molecule has 122 valence electrons. The van der Waals surface area contributed by atoms with Gasteiger partial charge in [-0.2, -0.15) is 0 Å². The molecule has 0 bridgehead atoms. The second-order valence-corrected chi connectivity index (χ2v) is 6.43. The first-order valence-electron chi connectivity index (χ1n) is 8.38. The molecule has 5 rings (SSSR count). The maximum atomic E-state index is 6.24. The molecule has 0 saturated carbocycles. The Morgan fingerprint density at radius 2 is 1.56 bits per heavy atom. The van der Waals surface area contributed by atoms with Gasteiger partial charge in [-0.25, -0.2) is 0 Å². The van der Waals surface area contributed by atoms with E-state index in [1.807, 2.05) is 36.4 Å². The number of furan rings is 1. The lowest BCUT2D eigenvalue weighted by atomic mass is 10.1. The van der Waals surface area contributed by atoms with Gasteiger partial charge in [0, 0.05) is 0 Å². The molecule has 2 heterocycles. The van der Waals surface area contributed by atoms with Crippen molar-refractivity contribution in [3.63, 3.8) is 0 Å². The smallest absolute Gasteiger partial charge is 0.249 e. The summed E-state index contributed by atoms with van der Waals surface area (Å²) in [6, 6.07) is 22.6. The van der Waals surface area contributed by atoms with Gasteiger partial charge in [0.25, 0.3) is 0 Å². The second kappa shape index (κ2) is 5.15.